The molecule has 8 nitrogen and oxygen atoms in total. The van der Waals surface area contributed by atoms with Crippen molar-refractivity contribution in [3.63, 3.8) is 0 Å². The molecule has 1 N–H and O–H groups in total. The predicted octanol–water partition coefficient (Wildman–Crippen LogP) is 2.95. The van der Waals surface area contributed by atoms with E-state index >= 15 is 0 Å². The fourth-order valence-electron chi connectivity index (χ4n) is 4.03. The molecule has 1 unspecified atom stereocenters. The van der Waals surface area contributed by atoms with Crippen LogP contribution in [0.1, 0.15) is 43.5 Å². The molecule has 0 bridgehead atoms. The number of likely N-dealkylation sites (tertiary alicyclic amines) is 1. The molecule has 0 spiro atoms. The number of imidazole rings is 1. The molecule has 1 amide bonds. The topological polar surface area (TPSA) is 85.2 Å². The predicted molar refractivity (Wildman–Crippen MR) is 122 cm³/mol. The van der Waals surface area contributed by atoms with Crippen molar-refractivity contribution in [1.29, 1.82) is 0 Å². The Morgan fingerprint density at radius 2 is 1.94 bits per heavy atom. The van der Waals surface area contributed by atoms with Crippen LogP contribution in [0.4, 0.5) is 0 Å². The van der Waals surface area contributed by atoms with Crippen LogP contribution in [-0.2, 0) is 11.2 Å². The van der Waals surface area contributed by atoms with Crippen molar-refractivity contribution in [3.8, 4) is 11.7 Å². The summed E-state index contributed by atoms with van der Waals surface area (Å²) in [5.74, 6) is 1.36. The quantitative estimate of drug-likeness (QED) is 0.557. The van der Waals surface area contributed by atoms with Crippen molar-refractivity contribution >= 4 is 5.91 Å². The second-order valence-corrected chi connectivity index (χ2v) is 7.87. The van der Waals surface area contributed by atoms with Gasteiger partial charge in [-0.1, -0.05) is 18.6 Å². The number of aromatic nitrogens is 4. The van der Waals surface area contributed by atoms with E-state index < -0.39 is 6.04 Å². The lowest BCUT2D eigenvalue weighted by Crippen LogP contribution is -2.43. The van der Waals surface area contributed by atoms with Crippen LogP contribution in [0.2, 0.25) is 0 Å². The number of nitrogens with zero attached hydrogens (tertiary/aromatic N) is 5. The van der Waals surface area contributed by atoms with Gasteiger partial charge < -0.3 is 10.1 Å². The molecule has 1 saturated heterocycles. The van der Waals surface area contributed by atoms with E-state index in [0.717, 1.165) is 43.7 Å². The molecule has 1 fully saturated rings. The molecule has 0 saturated carbocycles. The third-order valence-electron chi connectivity index (χ3n) is 5.63. The average Bonchev–Trinajstić information content (AvgIpc) is 3.37. The molecule has 1 aliphatic heterocycles. The summed E-state index contributed by atoms with van der Waals surface area (Å²) >= 11 is 0. The van der Waals surface area contributed by atoms with E-state index in [-0.39, 0.29) is 5.91 Å². The van der Waals surface area contributed by atoms with Crippen LogP contribution in [0, 0.1) is 0 Å². The fourth-order valence-corrected chi connectivity index (χ4v) is 4.03. The van der Waals surface area contributed by atoms with E-state index in [1.54, 1.807) is 29.5 Å². The van der Waals surface area contributed by atoms with Gasteiger partial charge in [0.1, 0.15) is 18.1 Å². The highest BCUT2D eigenvalue weighted by atomic mass is 16.5. The zero-order chi connectivity index (χ0) is 22.2. The molecular formula is C24H30N6O2. The van der Waals surface area contributed by atoms with Crippen molar-refractivity contribution in [2.45, 2.75) is 38.6 Å². The maximum atomic E-state index is 13.3. The minimum absolute atomic E-state index is 0.0203. The summed E-state index contributed by atoms with van der Waals surface area (Å²) in [6.07, 6.45) is 11.0. The molecule has 3 heterocycles. The number of carbonyl (C=O) groups is 1. The molecule has 8 heteroatoms. The molecule has 1 aromatic carbocycles. The number of rotatable bonds is 9. The van der Waals surface area contributed by atoms with E-state index in [1.165, 1.54) is 6.42 Å². The lowest BCUT2D eigenvalue weighted by molar-refractivity contribution is -0.127. The van der Waals surface area contributed by atoms with Crippen LogP contribution < -0.4 is 10.1 Å². The first-order valence-electron chi connectivity index (χ1n) is 11.3. The summed E-state index contributed by atoms with van der Waals surface area (Å²) in [6, 6.07) is 9.43. The van der Waals surface area contributed by atoms with Gasteiger partial charge in [0.05, 0.1) is 12.3 Å². The summed E-state index contributed by atoms with van der Waals surface area (Å²) in [5.41, 5.74) is 1.87. The number of hydrogen-bond acceptors (Lipinski definition) is 6. The number of hydrogen-bond donors (Lipinski definition) is 1. The Hall–Kier alpha value is -3.26. The summed E-state index contributed by atoms with van der Waals surface area (Å²) in [6.45, 7) is 4.97. The van der Waals surface area contributed by atoms with Gasteiger partial charge >= 0.3 is 0 Å². The summed E-state index contributed by atoms with van der Waals surface area (Å²) in [5, 5.41) is 3.13. The SMILES string of the molecule is CCOc1ccc(CCNC(=O)C(c2ccnc(-n3ccnc3)n2)N2CCCCC2)cc1. The van der Waals surface area contributed by atoms with E-state index in [0.29, 0.717) is 24.8 Å². The molecule has 0 aliphatic carbocycles. The molecule has 2 aromatic heterocycles. The second kappa shape index (κ2) is 10.9. The summed E-state index contributed by atoms with van der Waals surface area (Å²) in [7, 11) is 0. The van der Waals surface area contributed by atoms with Gasteiger partial charge in [0.25, 0.3) is 0 Å². The maximum absolute atomic E-state index is 13.3. The van der Waals surface area contributed by atoms with Crippen molar-refractivity contribution in [3.05, 3.63) is 66.5 Å². The number of amides is 1. The first-order valence-corrected chi connectivity index (χ1v) is 11.3. The molecule has 4 rings (SSSR count). The Labute approximate surface area is 188 Å². The zero-order valence-electron chi connectivity index (χ0n) is 18.5. The van der Waals surface area contributed by atoms with Gasteiger partial charge in [-0.05, 0) is 63.0 Å². The van der Waals surface area contributed by atoms with Gasteiger partial charge in [-0.2, -0.15) is 0 Å². The molecule has 1 atom stereocenters. The first-order chi connectivity index (χ1) is 15.7. The van der Waals surface area contributed by atoms with E-state index in [2.05, 4.69) is 20.2 Å². The Bertz CT molecular complexity index is 984. The summed E-state index contributed by atoms with van der Waals surface area (Å²) < 4.78 is 7.25. The lowest BCUT2D eigenvalue weighted by Gasteiger charge is -2.33. The standard InChI is InChI=1S/C24H30N6O2/c1-2-32-20-8-6-19(7-9-20)10-12-26-23(31)22(29-15-4-3-5-16-29)21-11-13-27-24(28-21)30-17-14-25-18-30/h6-9,11,13-14,17-18,22H,2-5,10,12,15-16H2,1H3,(H,26,31). The largest absolute Gasteiger partial charge is 0.494 e. The third-order valence-corrected chi connectivity index (χ3v) is 5.63. The molecule has 168 valence electrons. The number of ether oxygens (including phenoxy) is 1. The lowest BCUT2D eigenvalue weighted by atomic mass is 10.0. The molecule has 32 heavy (non-hydrogen) atoms. The Kier molecular flexibility index (Phi) is 7.45. The molecule has 0 radical (unpaired) electrons. The van der Waals surface area contributed by atoms with Gasteiger partial charge in [0.2, 0.25) is 11.9 Å². The van der Waals surface area contributed by atoms with Crippen LogP contribution >= 0.6 is 0 Å². The second-order valence-electron chi connectivity index (χ2n) is 7.87. The van der Waals surface area contributed by atoms with Gasteiger partial charge in [-0.3, -0.25) is 14.3 Å². The highest BCUT2D eigenvalue weighted by Crippen LogP contribution is 2.24. The van der Waals surface area contributed by atoms with Gasteiger partial charge in [-0.15, -0.1) is 0 Å². The van der Waals surface area contributed by atoms with Crippen LogP contribution in [0.5, 0.6) is 5.75 Å². The van der Waals surface area contributed by atoms with E-state index in [1.807, 2.05) is 37.3 Å². The smallest absolute Gasteiger partial charge is 0.243 e. The number of nitrogens with one attached hydrogen (secondary N) is 1. The third kappa shape index (κ3) is 5.50. The van der Waals surface area contributed by atoms with Crippen molar-refractivity contribution < 1.29 is 9.53 Å². The Balaban J connectivity index is 1.45. The van der Waals surface area contributed by atoms with Crippen LogP contribution in [0.3, 0.4) is 0 Å². The number of benzene rings is 1. The van der Waals surface area contributed by atoms with Crippen LogP contribution in [0.25, 0.3) is 5.95 Å². The zero-order valence-corrected chi connectivity index (χ0v) is 18.5. The fraction of sp³-hybridized carbons (Fsp3) is 0.417. The van der Waals surface area contributed by atoms with Gasteiger partial charge in [-0.25, -0.2) is 15.0 Å². The molecule has 1 aliphatic rings. The normalized spacial score (nSPS) is 15.3. The van der Waals surface area contributed by atoms with Crippen LogP contribution in [-0.4, -0.2) is 56.6 Å². The van der Waals surface area contributed by atoms with E-state index in [4.69, 9.17) is 9.72 Å². The maximum Gasteiger partial charge on any atom is 0.243 e. The number of carbonyl (C=O) groups excluding carboxylic acids is 1. The Morgan fingerprint density at radius 1 is 1.12 bits per heavy atom. The Morgan fingerprint density at radius 3 is 2.66 bits per heavy atom. The minimum atomic E-state index is -0.430. The minimum Gasteiger partial charge on any atom is -0.494 e. The molecule has 3 aromatic rings. The van der Waals surface area contributed by atoms with Crippen molar-refractivity contribution in [2.75, 3.05) is 26.2 Å². The number of piperidine rings is 1. The van der Waals surface area contributed by atoms with E-state index in [9.17, 15) is 4.79 Å². The average molecular weight is 435 g/mol. The highest BCUT2D eigenvalue weighted by Gasteiger charge is 2.30. The first kappa shape index (κ1) is 22.0. The summed E-state index contributed by atoms with van der Waals surface area (Å²) in [4.78, 5) is 28.7. The van der Waals surface area contributed by atoms with Crippen molar-refractivity contribution in [1.82, 2.24) is 29.7 Å². The van der Waals surface area contributed by atoms with Gasteiger partial charge in [0.15, 0.2) is 0 Å². The van der Waals surface area contributed by atoms with Crippen LogP contribution in [0.15, 0.2) is 55.2 Å². The van der Waals surface area contributed by atoms with Gasteiger partial charge in [0, 0.05) is 25.1 Å². The highest BCUT2D eigenvalue weighted by molar-refractivity contribution is 5.82. The molecular weight excluding hydrogens is 404 g/mol. The monoisotopic (exact) mass is 434 g/mol. The van der Waals surface area contributed by atoms with Crippen molar-refractivity contribution in [2.24, 2.45) is 0 Å².